The molecule has 1 atom stereocenters. The molecule has 0 radical (unpaired) electrons. The molecule has 0 heterocycles. The van der Waals surface area contributed by atoms with Crippen LogP contribution in [0.4, 0.5) is 0 Å². The Hall–Kier alpha value is -3.93. The summed E-state index contributed by atoms with van der Waals surface area (Å²) < 4.78 is 15.0. The van der Waals surface area contributed by atoms with E-state index in [1.54, 1.807) is 13.1 Å². The Labute approximate surface area is 234 Å². The second-order valence-electron chi connectivity index (χ2n) is 8.83. The molecule has 0 spiro atoms. The minimum Gasteiger partial charge on any atom is -0.468 e. The highest BCUT2D eigenvalue weighted by Gasteiger charge is 2.25. The van der Waals surface area contributed by atoms with E-state index in [2.05, 4.69) is 29.5 Å². The first-order valence-corrected chi connectivity index (χ1v) is 12.3. The molecule has 1 N–H and O–H groups in total. The van der Waals surface area contributed by atoms with Gasteiger partial charge in [-0.15, -0.1) is 19.4 Å². The molecule has 39 heavy (non-hydrogen) atoms. The van der Waals surface area contributed by atoms with Crippen LogP contribution in [-0.2, 0) is 41.7 Å². The molecule has 8 nitrogen and oxygen atoms in total. The zero-order valence-electron chi connectivity index (χ0n) is 24.1. The van der Waals surface area contributed by atoms with Crippen LogP contribution in [0, 0.1) is 12.8 Å². The van der Waals surface area contributed by atoms with Crippen molar-refractivity contribution >= 4 is 18.3 Å². The van der Waals surface area contributed by atoms with Crippen molar-refractivity contribution in [3.8, 4) is 12.8 Å². The summed E-state index contributed by atoms with van der Waals surface area (Å²) in [5, 5.41) is 2.98. The number of nitrogens with one attached hydrogen (secondary N) is 1. The minimum atomic E-state index is -0.554. The van der Waals surface area contributed by atoms with Crippen LogP contribution in [0.2, 0.25) is 0 Å². The Balaban J connectivity index is 0. The topological polar surface area (TPSA) is 94.2 Å². The monoisotopic (exact) mass is 540 g/mol. The molecule has 8 heteroatoms. The predicted octanol–water partition coefficient (Wildman–Crippen LogP) is 4.39. The van der Waals surface area contributed by atoms with Gasteiger partial charge >= 0.3 is 5.97 Å². The second-order valence-corrected chi connectivity index (χ2v) is 8.83. The second kappa shape index (κ2) is 23.2. The van der Waals surface area contributed by atoms with Crippen LogP contribution in [0.15, 0.2) is 73.3 Å². The third kappa shape index (κ3) is 19.8. The number of carbonyl (C=O) groups is 3. The van der Waals surface area contributed by atoms with Gasteiger partial charge < -0.3 is 24.4 Å². The number of hydrogen-bond donors (Lipinski definition) is 1. The van der Waals surface area contributed by atoms with Gasteiger partial charge in [0.05, 0.1) is 20.3 Å². The molecular weight excluding hydrogens is 496 g/mol. The number of carbonyl (C=O) groups excluding carboxylic acids is 3. The Kier molecular flexibility index (Phi) is 22.1. The van der Waals surface area contributed by atoms with Crippen LogP contribution >= 0.6 is 0 Å². The van der Waals surface area contributed by atoms with E-state index < -0.39 is 12.0 Å². The molecule has 2 rings (SSSR count). The molecule has 0 saturated heterocycles. The first kappa shape index (κ1) is 37.2. The average Bonchev–Trinajstić information content (AvgIpc) is 2.93. The maximum atomic E-state index is 12.9. The number of terminal acetylenes is 1. The number of nitrogens with zero attached hydrogens (tertiary/aromatic N) is 1. The highest BCUT2D eigenvalue weighted by molar-refractivity contribution is 5.86. The number of amides is 1. The van der Waals surface area contributed by atoms with Gasteiger partial charge in [-0.1, -0.05) is 66.7 Å². The molecule has 2 aromatic rings. The Morgan fingerprint density at radius 1 is 1.03 bits per heavy atom. The van der Waals surface area contributed by atoms with Crippen molar-refractivity contribution < 1.29 is 28.6 Å². The largest absolute Gasteiger partial charge is 0.468 e. The van der Waals surface area contributed by atoms with E-state index in [0.29, 0.717) is 19.6 Å². The number of rotatable bonds is 11. The maximum Gasteiger partial charge on any atom is 0.325 e. The smallest absolute Gasteiger partial charge is 0.325 e. The van der Waals surface area contributed by atoms with Gasteiger partial charge in [-0.25, -0.2) is 0 Å². The van der Waals surface area contributed by atoms with Gasteiger partial charge in [0.1, 0.15) is 18.2 Å². The molecule has 0 aliphatic rings. The van der Waals surface area contributed by atoms with E-state index in [1.807, 2.05) is 88.4 Å². The number of methoxy groups -OCH3 is 1. The number of hydrogen-bond acceptors (Lipinski definition) is 7. The van der Waals surface area contributed by atoms with Gasteiger partial charge in [0.15, 0.2) is 0 Å². The van der Waals surface area contributed by atoms with E-state index >= 15 is 0 Å². The molecule has 0 aliphatic carbocycles. The first-order valence-electron chi connectivity index (χ1n) is 12.3. The molecule has 214 valence electrons. The van der Waals surface area contributed by atoms with Crippen LogP contribution < -0.4 is 5.32 Å². The predicted molar refractivity (Wildman–Crippen MR) is 155 cm³/mol. The van der Waals surface area contributed by atoms with Crippen molar-refractivity contribution in [2.45, 2.75) is 52.5 Å². The van der Waals surface area contributed by atoms with E-state index in [0.717, 1.165) is 11.1 Å². The fourth-order valence-corrected chi connectivity index (χ4v) is 2.75. The summed E-state index contributed by atoms with van der Waals surface area (Å²) in [4.78, 5) is 35.8. The number of allylic oxidation sites excluding steroid dienone is 1. The molecule has 0 fully saturated rings. The summed E-state index contributed by atoms with van der Waals surface area (Å²) in [6, 6.07) is 18.7. The zero-order valence-corrected chi connectivity index (χ0v) is 24.1. The number of esters is 1. The molecule has 0 bridgehead atoms. The van der Waals surface area contributed by atoms with Gasteiger partial charge in [0.25, 0.3) is 6.47 Å². The van der Waals surface area contributed by atoms with Crippen LogP contribution in [0.1, 0.15) is 38.8 Å². The third-order valence-electron chi connectivity index (χ3n) is 4.52. The standard InChI is InChI=1S/C21H26N2O4.C5H10O2.C3H6.C2H2/c1-22-19(16-27-15-18-11-7-4-8-12-18)21(25)23(14-20(24)26-2)13-17-9-5-3-6-10-17;1-5(2,3)7-4-6;1-3-2;1-2/h3-12,19,22H,13-16H2,1-2H3;4H,1-3H3;3H,1H2,2H3;1-2H/t19-;;;/m0.../s1. The molecule has 0 saturated carbocycles. The third-order valence-corrected chi connectivity index (χ3v) is 4.52. The van der Waals surface area contributed by atoms with Crippen molar-refractivity contribution in [2.24, 2.45) is 0 Å². The Morgan fingerprint density at radius 2 is 1.51 bits per heavy atom. The zero-order chi connectivity index (χ0) is 30.1. The quantitative estimate of drug-likeness (QED) is 0.195. The van der Waals surface area contributed by atoms with Gasteiger partial charge in [-0.05, 0) is 45.9 Å². The van der Waals surface area contributed by atoms with Gasteiger partial charge in [-0.2, -0.15) is 0 Å². The van der Waals surface area contributed by atoms with Crippen molar-refractivity contribution in [2.75, 3.05) is 27.3 Å². The molecule has 0 aliphatic heterocycles. The highest BCUT2D eigenvalue weighted by atomic mass is 16.5. The van der Waals surface area contributed by atoms with Crippen LogP contribution in [0.5, 0.6) is 0 Å². The summed E-state index contributed by atoms with van der Waals surface area (Å²) in [7, 11) is 3.01. The maximum absolute atomic E-state index is 12.9. The number of benzene rings is 2. The lowest BCUT2D eigenvalue weighted by atomic mass is 10.2. The molecular formula is C31H44N2O6. The number of ether oxygens (including phenoxy) is 3. The fourth-order valence-electron chi connectivity index (χ4n) is 2.75. The van der Waals surface area contributed by atoms with Crippen molar-refractivity contribution in [1.29, 1.82) is 0 Å². The summed E-state index contributed by atoms with van der Waals surface area (Å²) in [5.41, 5.74) is 1.66. The summed E-state index contributed by atoms with van der Waals surface area (Å²) >= 11 is 0. The normalized spacial score (nSPS) is 10.4. The molecule has 1 amide bonds. The van der Waals surface area contributed by atoms with Crippen LogP contribution in [0.3, 0.4) is 0 Å². The Bertz CT molecular complexity index is 940. The lowest BCUT2D eigenvalue weighted by Crippen LogP contribution is -2.49. The summed E-state index contributed by atoms with van der Waals surface area (Å²) in [6.07, 6.45) is 9.75. The van der Waals surface area contributed by atoms with E-state index in [4.69, 9.17) is 9.47 Å². The molecule has 0 aromatic heterocycles. The van der Waals surface area contributed by atoms with Gasteiger partial charge in [0, 0.05) is 6.54 Å². The first-order chi connectivity index (χ1) is 18.6. The van der Waals surface area contributed by atoms with Crippen molar-refractivity contribution in [3.63, 3.8) is 0 Å². The van der Waals surface area contributed by atoms with E-state index in [-0.39, 0.29) is 24.7 Å². The fraction of sp³-hybridized carbons (Fsp3) is 0.387. The highest BCUT2D eigenvalue weighted by Crippen LogP contribution is 2.08. The molecule has 2 aromatic carbocycles. The van der Waals surface area contributed by atoms with Gasteiger partial charge in [0.2, 0.25) is 5.91 Å². The van der Waals surface area contributed by atoms with E-state index in [9.17, 15) is 14.4 Å². The minimum absolute atomic E-state index is 0.110. The van der Waals surface area contributed by atoms with Crippen LogP contribution in [0.25, 0.3) is 0 Å². The lowest BCUT2D eigenvalue weighted by molar-refractivity contribution is -0.148. The average molecular weight is 541 g/mol. The van der Waals surface area contributed by atoms with Crippen molar-refractivity contribution in [3.05, 3.63) is 84.4 Å². The summed E-state index contributed by atoms with van der Waals surface area (Å²) in [6.45, 7) is 12.0. The van der Waals surface area contributed by atoms with Gasteiger partial charge in [-0.3, -0.25) is 14.4 Å². The summed E-state index contributed by atoms with van der Waals surface area (Å²) in [5.74, 6) is -0.667. The number of likely N-dealkylation sites (N-methyl/N-ethyl adjacent to an activating group) is 1. The van der Waals surface area contributed by atoms with E-state index in [1.165, 1.54) is 12.0 Å². The van der Waals surface area contributed by atoms with Crippen molar-refractivity contribution in [1.82, 2.24) is 10.2 Å². The lowest BCUT2D eigenvalue weighted by Gasteiger charge is -2.26. The molecule has 0 unspecified atom stereocenters. The Morgan fingerprint density at radius 3 is 1.90 bits per heavy atom. The van der Waals surface area contributed by atoms with Crippen LogP contribution in [-0.4, -0.2) is 62.2 Å². The SMILES string of the molecule is C#C.C=CC.CC(C)(C)OC=O.CN[C@@H](COCc1ccccc1)C(=O)N(CC(=O)OC)Cc1ccccc1.